The highest BCUT2D eigenvalue weighted by atomic mass is 32.2. The van der Waals surface area contributed by atoms with Crippen LogP contribution in [0.5, 0.6) is 0 Å². The zero-order valence-corrected chi connectivity index (χ0v) is 20.2. The van der Waals surface area contributed by atoms with Crippen molar-refractivity contribution >= 4 is 29.7 Å². The minimum Gasteiger partial charge on any atom is -0.467 e. The number of nitrogens with zero attached hydrogens (tertiary/aromatic N) is 3. The maximum Gasteiger partial charge on any atom is 0.328 e. The number of likely N-dealkylation sites (tertiary alicyclic amines) is 1. The molecule has 2 aliphatic rings. The fourth-order valence-electron chi connectivity index (χ4n) is 4.24. The normalized spacial score (nSPS) is 18.0. The van der Waals surface area contributed by atoms with Gasteiger partial charge < -0.3 is 19.9 Å². The van der Waals surface area contributed by atoms with Gasteiger partial charge in [0, 0.05) is 37.0 Å². The number of hydrogen-bond donors (Lipinski definition) is 1. The molecule has 0 aromatic carbocycles. The number of hydrogen-bond acceptors (Lipinski definition) is 6. The highest BCUT2D eigenvalue weighted by Gasteiger charge is 2.31. The number of aryl methyl sites for hydroxylation is 1. The molecule has 0 spiro atoms. The predicted molar refractivity (Wildman–Crippen MR) is 125 cm³/mol. The number of piperidine rings is 1. The van der Waals surface area contributed by atoms with Gasteiger partial charge in [0.2, 0.25) is 0 Å². The number of carbonyl (C=O) groups excluding carboxylic acids is 3. The quantitative estimate of drug-likeness (QED) is 0.654. The van der Waals surface area contributed by atoms with Gasteiger partial charge in [-0.15, -0.1) is 11.8 Å². The Bertz CT molecular complexity index is 833. The van der Waals surface area contributed by atoms with Gasteiger partial charge in [-0.25, -0.2) is 9.59 Å². The summed E-state index contributed by atoms with van der Waals surface area (Å²) in [6.07, 6.45) is 1.99. The molecule has 0 saturated carbocycles. The van der Waals surface area contributed by atoms with Gasteiger partial charge in [-0.2, -0.15) is 0 Å². The molecule has 176 valence electrons. The van der Waals surface area contributed by atoms with Crippen LogP contribution in [0, 0.1) is 12.8 Å². The molecular weight excluding hydrogens is 428 g/mol. The summed E-state index contributed by atoms with van der Waals surface area (Å²) in [4.78, 5) is 46.2. The number of rotatable bonds is 6. The standard InChI is InChI=1S/C23H34N4O4S/c1-15(2)13-19(22(29)31-4)25-23(30)26-9-7-17(8-10-26)20-18(6-5-16(3)24-20)21(28)27-11-12-32-14-27/h5-6,15,17,19H,7-14H2,1-4H3,(H,25,30). The van der Waals surface area contributed by atoms with E-state index in [1.165, 1.54) is 7.11 Å². The van der Waals surface area contributed by atoms with Gasteiger partial charge in [0.05, 0.1) is 24.2 Å². The molecule has 9 heteroatoms. The number of ether oxygens (including phenoxy) is 1. The number of methoxy groups -OCH3 is 1. The van der Waals surface area contributed by atoms with Gasteiger partial charge in [-0.05, 0) is 44.2 Å². The molecule has 0 radical (unpaired) electrons. The molecule has 3 heterocycles. The van der Waals surface area contributed by atoms with Gasteiger partial charge >= 0.3 is 12.0 Å². The average molecular weight is 463 g/mol. The lowest BCUT2D eigenvalue weighted by Gasteiger charge is -2.33. The van der Waals surface area contributed by atoms with Crippen molar-refractivity contribution in [3.63, 3.8) is 0 Å². The largest absolute Gasteiger partial charge is 0.467 e. The zero-order valence-electron chi connectivity index (χ0n) is 19.4. The smallest absolute Gasteiger partial charge is 0.328 e. The van der Waals surface area contributed by atoms with Crippen LogP contribution in [0.3, 0.4) is 0 Å². The van der Waals surface area contributed by atoms with E-state index < -0.39 is 12.0 Å². The molecule has 1 aromatic rings. The van der Waals surface area contributed by atoms with E-state index in [1.54, 1.807) is 16.7 Å². The van der Waals surface area contributed by atoms with Crippen LogP contribution in [0.25, 0.3) is 0 Å². The zero-order chi connectivity index (χ0) is 23.3. The first-order chi connectivity index (χ1) is 15.3. The highest BCUT2D eigenvalue weighted by molar-refractivity contribution is 7.99. The first-order valence-electron chi connectivity index (χ1n) is 11.3. The van der Waals surface area contributed by atoms with Gasteiger partial charge in [-0.1, -0.05) is 13.8 Å². The Hall–Kier alpha value is -2.29. The minimum absolute atomic E-state index is 0.0484. The topological polar surface area (TPSA) is 91.8 Å². The molecule has 3 amide bonds. The number of amides is 3. The summed E-state index contributed by atoms with van der Waals surface area (Å²) >= 11 is 1.77. The van der Waals surface area contributed by atoms with Crippen molar-refractivity contribution in [3.05, 3.63) is 29.1 Å². The summed E-state index contributed by atoms with van der Waals surface area (Å²) in [5.41, 5.74) is 2.42. The Morgan fingerprint density at radius 1 is 1.19 bits per heavy atom. The molecule has 2 fully saturated rings. The van der Waals surface area contributed by atoms with E-state index in [0.29, 0.717) is 25.1 Å². The molecule has 32 heavy (non-hydrogen) atoms. The monoisotopic (exact) mass is 462 g/mol. The third kappa shape index (κ3) is 5.94. The average Bonchev–Trinajstić information content (AvgIpc) is 3.32. The first-order valence-corrected chi connectivity index (χ1v) is 12.4. The molecule has 1 aromatic heterocycles. The molecule has 1 N–H and O–H groups in total. The van der Waals surface area contributed by atoms with Crippen LogP contribution in [0.4, 0.5) is 4.79 Å². The third-order valence-corrected chi connectivity index (χ3v) is 6.96. The summed E-state index contributed by atoms with van der Waals surface area (Å²) < 4.78 is 4.85. The van der Waals surface area contributed by atoms with Crippen LogP contribution < -0.4 is 5.32 Å². The van der Waals surface area contributed by atoms with Gasteiger partial charge in [0.15, 0.2) is 0 Å². The van der Waals surface area contributed by atoms with Gasteiger partial charge in [0.25, 0.3) is 5.91 Å². The van der Waals surface area contributed by atoms with Crippen molar-refractivity contribution in [2.24, 2.45) is 5.92 Å². The van der Waals surface area contributed by atoms with Crippen molar-refractivity contribution in [2.45, 2.75) is 52.0 Å². The number of pyridine rings is 1. The Kier molecular flexibility index (Phi) is 8.39. The first kappa shape index (κ1) is 24.4. The summed E-state index contributed by atoms with van der Waals surface area (Å²) in [6.45, 7) is 7.81. The second kappa shape index (κ2) is 11.0. The van der Waals surface area contributed by atoms with E-state index in [2.05, 4.69) is 5.32 Å². The van der Waals surface area contributed by atoms with Crippen LogP contribution >= 0.6 is 11.8 Å². The van der Waals surface area contributed by atoms with Crippen LogP contribution in [-0.2, 0) is 9.53 Å². The Balaban J connectivity index is 1.65. The number of aromatic nitrogens is 1. The highest BCUT2D eigenvalue weighted by Crippen LogP contribution is 2.31. The van der Waals surface area contributed by atoms with Gasteiger partial charge in [0.1, 0.15) is 6.04 Å². The number of esters is 1. The molecule has 0 aliphatic carbocycles. The lowest BCUT2D eigenvalue weighted by molar-refractivity contribution is -0.143. The molecule has 8 nitrogen and oxygen atoms in total. The van der Waals surface area contributed by atoms with Crippen molar-refractivity contribution in [1.82, 2.24) is 20.1 Å². The number of urea groups is 1. The van der Waals surface area contributed by atoms with Crippen molar-refractivity contribution < 1.29 is 19.1 Å². The lowest BCUT2D eigenvalue weighted by Crippen LogP contribution is -2.50. The van der Waals surface area contributed by atoms with Crippen molar-refractivity contribution in [1.29, 1.82) is 0 Å². The van der Waals surface area contributed by atoms with E-state index >= 15 is 0 Å². The van der Waals surface area contributed by atoms with Crippen molar-refractivity contribution in [2.75, 3.05) is 38.4 Å². The molecule has 2 aliphatic heterocycles. The van der Waals surface area contributed by atoms with Crippen LogP contribution in [0.1, 0.15) is 60.8 Å². The predicted octanol–water partition coefficient (Wildman–Crippen LogP) is 3.01. The summed E-state index contributed by atoms with van der Waals surface area (Å²) in [6, 6.07) is 2.90. The van der Waals surface area contributed by atoms with Crippen LogP contribution in [-0.4, -0.2) is 77.1 Å². The fourth-order valence-corrected chi connectivity index (χ4v) is 5.18. The maximum absolute atomic E-state index is 13.1. The summed E-state index contributed by atoms with van der Waals surface area (Å²) in [5, 5.41) is 2.83. The molecule has 2 saturated heterocycles. The SMILES string of the molecule is COC(=O)C(CC(C)C)NC(=O)N1CCC(c2nc(C)ccc2C(=O)N2CCSC2)CC1. The molecule has 1 atom stereocenters. The third-order valence-electron chi connectivity index (χ3n) is 5.99. The fraction of sp³-hybridized carbons (Fsp3) is 0.652. The lowest BCUT2D eigenvalue weighted by atomic mass is 9.89. The summed E-state index contributed by atoms with van der Waals surface area (Å²) in [5.74, 6) is 1.70. The molecule has 0 bridgehead atoms. The molecule has 1 unspecified atom stereocenters. The Labute approximate surface area is 194 Å². The molecular formula is C23H34N4O4S. The maximum atomic E-state index is 13.1. The minimum atomic E-state index is -0.647. The van der Waals surface area contributed by atoms with E-state index in [1.807, 2.05) is 37.8 Å². The van der Waals surface area contributed by atoms with Crippen LogP contribution in [0.2, 0.25) is 0 Å². The number of carbonyl (C=O) groups is 3. The Morgan fingerprint density at radius 2 is 1.91 bits per heavy atom. The van der Waals surface area contributed by atoms with Gasteiger partial charge in [-0.3, -0.25) is 9.78 Å². The second-order valence-electron chi connectivity index (χ2n) is 8.91. The van der Waals surface area contributed by atoms with E-state index in [9.17, 15) is 14.4 Å². The number of nitrogens with one attached hydrogen (secondary N) is 1. The van der Waals surface area contributed by atoms with E-state index in [4.69, 9.17) is 9.72 Å². The second-order valence-corrected chi connectivity index (χ2v) is 9.98. The summed E-state index contributed by atoms with van der Waals surface area (Å²) in [7, 11) is 1.34. The van der Waals surface area contributed by atoms with Crippen molar-refractivity contribution in [3.8, 4) is 0 Å². The van der Waals surface area contributed by atoms with E-state index in [0.717, 1.165) is 42.4 Å². The number of thioether (sulfide) groups is 1. The molecule has 3 rings (SSSR count). The van der Waals surface area contributed by atoms with Crippen LogP contribution in [0.15, 0.2) is 12.1 Å². The Morgan fingerprint density at radius 3 is 2.50 bits per heavy atom. The van der Waals surface area contributed by atoms with E-state index in [-0.39, 0.29) is 23.8 Å².